The summed E-state index contributed by atoms with van der Waals surface area (Å²) in [7, 11) is 1.55. The number of phenolic OH excluding ortho intramolecular Hbond substituents is 1. The molecular weight excluding hydrogens is 422 g/mol. The summed E-state index contributed by atoms with van der Waals surface area (Å²) < 4.78 is 12.0. The maximum atomic E-state index is 10.4. The van der Waals surface area contributed by atoms with Gasteiger partial charge in [-0.3, -0.25) is 0 Å². The predicted octanol–water partition coefficient (Wildman–Crippen LogP) is 6.12. The third-order valence-electron chi connectivity index (χ3n) is 5.89. The molecule has 2 aromatic carbocycles. The van der Waals surface area contributed by atoms with Gasteiger partial charge < -0.3 is 25.0 Å². The fourth-order valence-electron chi connectivity index (χ4n) is 4.67. The first kappa shape index (κ1) is 20.7. The number of hydrogen-bond acceptors (Lipinski definition) is 6. The lowest BCUT2D eigenvalue weighted by Crippen LogP contribution is -2.32. The Bertz CT molecular complexity index is 1300. The number of anilines is 1. The molecule has 0 fully saturated rings. The van der Waals surface area contributed by atoms with Gasteiger partial charge in [0.1, 0.15) is 11.5 Å². The van der Waals surface area contributed by atoms with E-state index < -0.39 is 0 Å². The number of thiophene rings is 1. The summed E-state index contributed by atoms with van der Waals surface area (Å²) in [5.74, 6) is 1.77. The van der Waals surface area contributed by atoms with Crippen molar-refractivity contribution in [2.75, 3.05) is 12.4 Å². The fourth-order valence-corrected chi connectivity index (χ4v) is 5.51. The highest BCUT2D eigenvalue weighted by Crippen LogP contribution is 2.54. The number of benzene rings is 2. The van der Waals surface area contributed by atoms with Crippen LogP contribution in [0.1, 0.15) is 42.3 Å². The Hall–Kier alpha value is -3.22. The van der Waals surface area contributed by atoms with Crippen molar-refractivity contribution in [1.29, 1.82) is 0 Å². The Morgan fingerprint density at radius 1 is 1.12 bits per heavy atom. The molecule has 5 rings (SSSR count). The second kappa shape index (κ2) is 7.43. The molecule has 0 amide bonds. The first-order valence-corrected chi connectivity index (χ1v) is 11.3. The molecule has 0 saturated heterocycles. The molecule has 0 unspecified atom stereocenters. The number of phenols is 1. The smallest absolute Gasteiger partial charge is 0.172 e. The van der Waals surface area contributed by atoms with Crippen molar-refractivity contribution in [2.24, 2.45) is 0 Å². The van der Waals surface area contributed by atoms with Crippen LogP contribution in [0.2, 0.25) is 0 Å². The summed E-state index contributed by atoms with van der Waals surface area (Å²) in [6.07, 6.45) is 4.21. The van der Waals surface area contributed by atoms with Crippen LogP contribution in [0.4, 0.5) is 5.69 Å². The van der Waals surface area contributed by atoms with Crippen LogP contribution in [0.15, 0.2) is 41.8 Å². The molecule has 0 atom stereocenters. The molecule has 2 aliphatic rings. The highest BCUT2D eigenvalue weighted by molar-refractivity contribution is 7.11. The van der Waals surface area contributed by atoms with E-state index in [1.54, 1.807) is 30.6 Å². The normalized spacial score (nSPS) is 16.9. The SMILES string of the molecule is COc1c(O)ccc2c1-c1ccc3c(c1/C(=C/c1sccc1CO)O2)C(C)=CC(C)(C)N3. The molecule has 0 radical (unpaired) electrons. The van der Waals surface area contributed by atoms with Gasteiger partial charge in [0.05, 0.1) is 24.8 Å². The van der Waals surface area contributed by atoms with Crippen molar-refractivity contribution in [3.8, 4) is 28.4 Å². The second-order valence-electron chi connectivity index (χ2n) is 8.65. The van der Waals surface area contributed by atoms with Gasteiger partial charge in [0.15, 0.2) is 11.5 Å². The molecule has 3 aromatic rings. The van der Waals surface area contributed by atoms with Gasteiger partial charge in [0.2, 0.25) is 0 Å². The van der Waals surface area contributed by atoms with Crippen LogP contribution in [0.3, 0.4) is 0 Å². The molecule has 164 valence electrons. The summed E-state index contributed by atoms with van der Waals surface area (Å²) >= 11 is 1.56. The minimum Gasteiger partial charge on any atom is -0.504 e. The van der Waals surface area contributed by atoms with Crippen molar-refractivity contribution in [2.45, 2.75) is 32.9 Å². The first-order chi connectivity index (χ1) is 15.3. The topological polar surface area (TPSA) is 71.0 Å². The molecule has 5 nitrogen and oxygen atoms in total. The monoisotopic (exact) mass is 447 g/mol. The summed E-state index contributed by atoms with van der Waals surface area (Å²) in [5, 5.41) is 25.8. The van der Waals surface area contributed by atoms with Gasteiger partial charge in [-0.25, -0.2) is 0 Å². The summed E-state index contributed by atoms with van der Waals surface area (Å²) in [6.45, 7) is 6.36. The number of rotatable bonds is 3. The number of aromatic hydroxyl groups is 1. The number of nitrogens with one attached hydrogen (secondary N) is 1. The largest absolute Gasteiger partial charge is 0.504 e. The van der Waals surface area contributed by atoms with Crippen LogP contribution in [-0.4, -0.2) is 22.9 Å². The lowest BCUT2D eigenvalue weighted by molar-refractivity contribution is 0.282. The Labute approximate surface area is 191 Å². The van der Waals surface area contributed by atoms with Crippen molar-refractivity contribution in [1.82, 2.24) is 0 Å². The Morgan fingerprint density at radius 2 is 1.94 bits per heavy atom. The zero-order chi connectivity index (χ0) is 22.6. The van der Waals surface area contributed by atoms with Crippen molar-refractivity contribution in [3.63, 3.8) is 0 Å². The third-order valence-corrected chi connectivity index (χ3v) is 6.79. The number of methoxy groups -OCH3 is 1. The molecule has 6 heteroatoms. The molecule has 0 aliphatic carbocycles. The van der Waals surface area contributed by atoms with E-state index >= 15 is 0 Å². The standard InChI is InChI=1S/C26H25NO4S/c1-14-12-26(2,3)27-17-6-5-16-23(22(14)17)20(11-21-15(13-28)9-10-32-21)31-19-8-7-18(29)25(30-4)24(16)19/h5-12,27-29H,13H2,1-4H3/b20-11-. The lowest BCUT2D eigenvalue weighted by Gasteiger charge is -2.35. The summed E-state index contributed by atoms with van der Waals surface area (Å²) in [6, 6.07) is 9.39. The average molecular weight is 448 g/mol. The van der Waals surface area contributed by atoms with Gasteiger partial charge in [-0.05, 0) is 67.6 Å². The molecule has 0 bridgehead atoms. The zero-order valence-electron chi connectivity index (χ0n) is 18.4. The van der Waals surface area contributed by atoms with Crippen LogP contribution in [0.25, 0.3) is 28.5 Å². The van der Waals surface area contributed by atoms with Crippen molar-refractivity contribution < 1.29 is 19.7 Å². The molecule has 1 aromatic heterocycles. The average Bonchev–Trinajstić information content (AvgIpc) is 3.19. The minimum absolute atomic E-state index is 0.0324. The quantitative estimate of drug-likeness (QED) is 0.451. The highest BCUT2D eigenvalue weighted by atomic mass is 32.1. The molecule has 0 spiro atoms. The van der Waals surface area contributed by atoms with Crippen LogP contribution >= 0.6 is 11.3 Å². The van der Waals surface area contributed by atoms with E-state index in [1.165, 1.54) is 0 Å². The van der Waals surface area contributed by atoms with Gasteiger partial charge >= 0.3 is 0 Å². The number of aliphatic hydroxyl groups excluding tert-OH is 1. The van der Waals surface area contributed by atoms with E-state index in [9.17, 15) is 10.2 Å². The van der Waals surface area contributed by atoms with E-state index in [0.717, 1.165) is 44.0 Å². The van der Waals surface area contributed by atoms with Gasteiger partial charge in [0.25, 0.3) is 0 Å². The predicted molar refractivity (Wildman–Crippen MR) is 130 cm³/mol. The molecule has 0 saturated carbocycles. The van der Waals surface area contributed by atoms with Gasteiger partial charge in [-0.1, -0.05) is 12.1 Å². The fraction of sp³-hybridized carbons (Fsp3) is 0.231. The molecule has 2 aliphatic heterocycles. The molecular formula is C26H25NO4S. The zero-order valence-corrected chi connectivity index (χ0v) is 19.3. The van der Waals surface area contributed by atoms with Crippen molar-refractivity contribution >= 4 is 34.4 Å². The molecule has 3 N–H and O–H groups in total. The van der Waals surface area contributed by atoms with Gasteiger partial charge in [0, 0.05) is 27.3 Å². The Kier molecular flexibility index (Phi) is 4.80. The maximum Gasteiger partial charge on any atom is 0.172 e. The van der Waals surface area contributed by atoms with E-state index in [-0.39, 0.29) is 17.9 Å². The van der Waals surface area contributed by atoms with Crippen LogP contribution in [0, 0.1) is 0 Å². The first-order valence-electron chi connectivity index (χ1n) is 10.5. The third kappa shape index (κ3) is 3.18. The van der Waals surface area contributed by atoms with E-state index in [2.05, 4.69) is 38.2 Å². The minimum atomic E-state index is -0.170. The maximum absolute atomic E-state index is 10.4. The molecule has 3 heterocycles. The van der Waals surface area contributed by atoms with Crippen LogP contribution < -0.4 is 14.8 Å². The number of fused-ring (bicyclic) bond motifs is 5. The highest BCUT2D eigenvalue weighted by Gasteiger charge is 2.33. The Morgan fingerprint density at radius 3 is 2.69 bits per heavy atom. The van der Waals surface area contributed by atoms with Gasteiger partial charge in [-0.2, -0.15) is 0 Å². The van der Waals surface area contributed by atoms with E-state index in [1.807, 2.05) is 23.6 Å². The number of aliphatic hydroxyl groups is 1. The molecule has 32 heavy (non-hydrogen) atoms. The van der Waals surface area contributed by atoms with Crippen molar-refractivity contribution in [3.05, 3.63) is 63.4 Å². The lowest BCUT2D eigenvalue weighted by atomic mass is 9.83. The summed E-state index contributed by atoms with van der Waals surface area (Å²) in [5.41, 5.74) is 6.52. The van der Waals surface area contributed by atoms with Crippen LogP contribution in [0.5, 0.6) is 17.2 Å². The van der Waals surface area contributed by atoms with E-state index in [4.69, 9.17) is 9.47 Å². The van der Waals surface area contributed by atoms with E-state index in [0.29, 0.717) is 17.3 Å². The second-order valence-corrected chi connectivity index (χ2v) is 9.60. The van der Waals surface area contributed by atoms with Crippen LogP contribution in [-0.2, 0) is 6.61 Å². The summed E-state index contributed by atoms with van der Waals surface area (Å²) in [4.78, 5) is 0.950. The number of hydrogen-bond donors (Lipinski definition) is 3. The number of allylic oxidation sites excluding steroid dienone is 1. The number of ether oxygens (including phenoxy) is 2. The Balaban J connectivity index is 1.84. The van der Waals surface area contributed by atoms with Gasteiger partial charge in [-0.15, -0.1) is 11.3 Å².